The number of hydrogen-bond donors (Lipinski definition) is 1. The van der Waals surface area contributed by atoms with Crippen molar-refractivity contribution in [2.75, 3.05) is 18.1 Å². The number of ether oxygens (including phenoxy) is 2. The average molecular weight is 404 g/mol. The van der Waals surface area contributed by atoms with Gasteiger partial charge in [0.1, 0.15) is 11.6 Å². The second-order valence-corrected chi connectivity index (χ2v) is 10.2. The summed E-state index contributed by atoms with van der Waals surface area (Å²) in [6, 6.07) is -1.25. The zero-order chi connectivity index (χ0) is 20.4. The lowest BCUT2D eigenvalue weighted by Gasteiger charge is -2.28. The van der Waals surface area contributed by atoms with Crippen LogP contribution in [0.1, 0.15) is 47.0 Å². The van der Waals surface area contributed by atoms with Crippen molar-refractivity contribution in [3.05, 3.63) is 0 Å². The monoisotopic (exact) mass is 404 g/mol. The van der Waals surface area contributed by atoms with Crippen LogP contribution in [0, 0.1) is 0 Å². The van der Waals surface area contributed by atoms with Gasteiger partial charge in [0.15, 0.2) is 15.9 Å². The van der Waals surface area contributed by atoms with Crippen molar-refractivity contribution >= 4 is 27.8 Å². The Morgan fingerprint density at radius 1 is 1.19 bits per heavy atom. The topological polar surface area (TPSA) is 119 Å². The Bertz CT molecular complexity index is 699. The molecule has 0 unspecified atom stereocenters. The summed E-state index contributed by atoms with van der Waals surface area (Å²) in [5, 5.41) is 2.59. The van der Waals surface area contributed by atoms with Crippen LogP contribution in [-0.4, -0.2) is 73.1 Å². The van der Waals surface area contributed by atoms with Gasteiger partial charge in [0.2, 0.25) is 0 Å². The van der Waals surface area contributed by atoms with Gasteiger partial charge in [0, 0.05) is 12.6 Å². The van der Waals surface area contributed by atoms with E-state index in [9.17, 15) is 22.8 Å². The Labute approximate surface area is 159 Å². The van der Waals surface area contributed by atoms with Crippen LogP contribution in [0.2, 0.25) is 0 Å². The van der Waals surface area contributed by atoms with E-state index in [2.05, 4.69) is 5.32 Å². The summed E-state index contributed by atoms with van der Waals surface area (Å²) in [7, 11) is -3.12. The minimum atomic E-state index is -3.12. The molecule has 2 fully saturated rings. The van der Waals surface area contributed by atoms with Gasteiger partial charge >= 0.3 is 12.1 Å². The van der Waals surface area contributed by atoms with Crippen LogP contribution in [0.4, 0.5) is 4.79 Å². The Balaban J connectivity index is 1.89. The highest BCUT2D eigenvalue weighted by Gasteiger charge is 2.39. The number of carbonyl (C=O) groups is 3. The van der Waals surface area contributed by atoms with Gasteiger partial charge in [-0.15, -0.1) is 0 Å². The number of carbonyl (C=O) groups excluding carboxylic acids is 3. The largest absolute Gasteiger partial charge is 0.451 e. The third kappa shape index (κ3) is 6.08. The molecule has 27 heavy (non-hydrogen) atoms. The Hall–Kier alpha value is -1.84. The molecule has 3 atom stereocenters. The summed E-state index contributed by atoms with van der Waals surface area (Å²) in [6.07, 6.45) is -0.242. The number of amides is 2. The lowest BCUT2D eigenvalue weighted by atomic mass is 10.2. The van der Waals surface area contributed by atoms with Gasteiger partial charge in [-0.25, -0.2) is 18.0 Å². The van der Waals surface area contributed by atoms with Crippen LogP contribution in [-0.2, 0) is 28.9 Å². The summed E-state index contributed by atoms with van der Waals surface area (Å²) in [5.74, 6) is -1.28. The van der Waals surface area contributed by atoms with Crippen molar-refractivity contribution in [2.24, 2.45) is 0 Å². The number of rotatable bonds is 4. The Morgan fingerprint density at radius 2 is 1.85 bits per heavy atom. The standard InChI is InChI=1S/C17H28N2O7S/c1-11(14(20)18-12-7-9-27(23,24)10-12)25-15(21)13-6-5-8-19(13)16(22)26-17(2,3)4/h11-13H,5-10H2,1-4H3,(H,18,20)/t11-,12-,13-/m0/s1. The molecule has 0 spiro atoms. The third-order valence-electron chi connectivity index (χ3n) is 4.39. The van der Waals surface area contributed by atoms with Gasteiger partial charge in [-0.3, -0.25) is 9.69 Å². The molecular formula is C17H28N2O7S. The van der Waals surface area contributed by atoms with Crippen molar-refractivity contribution < 1.29 is 32.3 Å². The molecule has 10 heteroatoms. The number of nitrogens with zero attached hydrogens (tertiary/aromatic N) is 1. The zero-order valence-corrected chi connectivity index (χ0v) is 17.0. The van der Waals surface area contributed by atoms with E-state index in [1.807, 2.05) is 0 Å². The zero-order valence-electron chi connectivity index (χ0n) is 16.2. The summed E-state index contributed by atoms with van der Waals surface area (Å²) in [6.45, 7) is 7.02. The summed E-state index contributed by atoms with van der Waals surface area (Å²) in [5.41, 5.74) is -0.678. The predicted molar refractivity (Wildman–Crippen MR) is 96.7 cm³/mol. The van der Waals surface area contributed by atoms with Gasteiger partial charge in [-0.05, 0) is 47.0 Å². The molecule has 1 N–H and O–H groups in total. The van der Waals surface area contributed by atoms with Gasteiger partial charge in [-0.1, -0.05) is 0 Å². The number of likely N-dealkylation sites (tertiary alicyclic amines) is 1. The van der Waals surface area contributed by atoms with Gasteiger partial charge in [-0.2, -0.15) is 0 Å². The minimum Gasteiger partial charge on any atom is -0.451 e. The van der Waals surface area contributed by atoms with E-state index in [1.165, 1.54) is 11.8 Å². The highest BCUT2D eigenvalue weighted by Crippen LogP contribution is 2.22. The van der Waals surface area contributed by atoms with Crippen LogP contribution < -0.4 is 5.32 Å². The van der Waals surface area contributed by atoms with Gasteiger partial charge in [0.25, 0.3) is 5.91 Å². The van der Waals surface area contributed by atoms with Gasteiger partial charge < -0.3 is 14.8 Å². The lowest BCUT2D eigenvalue weighted by Crippen LogP contribution is -2.47. The normalized spacial score (nSPS) is 25.7. The molecule has 2 rings (SSSR count). The fraction of sp³-hybridized carbons (Fsp3) is 0.824. The van der Waals surface area contributed by atoms with E-state index >= 15 is 0 Å². The molecule has 0 saturated carbocycles. The van der Waals surface area contributed by atoms with Gasteiger partial charge in [0.05, 0.1) is 11.5 Å². The fourth-order valence-corrected chi connectivity index (χ4v) is 4.76. The first-order valence-electron chi connectivity index (χ1n) is 9.09. The first-order valence-corrected chi connectivity index (χ1v) is 10.9. The molecule has 2 aliphatic rings. The Kier molecular flexibility index (Phi) is 6.39. The molecule has 0 bridgehead atoms. The highest BCUT2D eigenvalue weighted by atomic mass is 32.2. The van der Waals surface area contributed by atoms with Crippen molar-refractivity contribution in [1.82, 2.24) is 10.2 Å². The molecule has 0 aliphatic carbocycles. The fourth-order valence-electron chi connectivity index (χ4n) is 3.08. The van der Waals surface area contributed by atoms with E-state index < -0.39 is 51.6 Å². The molecule has 0 radical (unpaired) electrons. The SMILES string of the molecule is C[C@H](OC(=O)[C@@H]1CCCN1C(=O)OC(C)(C)C)C(=O)N[C@H]1CCS(=O)(=O)C1. The quantitative estimate of drug-likeness (QED) is 0.682. The second-order valence-electron chi connectivity index (χ2n) is 8.02. The lowest BCUT2D eigenvalue weighted by molar-refractivity contribution is -0.159. The number of esters is 1. The van der Waals surface area contributed by atoms with E-state index in [0.717, 1.165) is 0 Å². The minimum absolute atomic E-state index is 0.0407. The number of nitrogens with one attached hydrogen (secondary N) is 1. The van der Waals surface area contributed by atoms with Crippen LogP contribution in [0.15, 0.2) is 0 Å². The van der Waals surface area contributed by atoms with Crippen molar-refractivity contribution in [3.63, 3.8) is 0 Å². The maximum absolute atomic E-state index is 12.4. The highest BCUT2D eigenvalue weighted by molar-refractivity contribution is 7.91. The maximum Gasteiger partial charge on any atom is 0.411 e. The van der Waals surface area contributed by atoms with Crippen molar-refractivity contribution in [1.29, 1.82) is 0 Å². The molecule has 2 heterocycles. The smallest absolute Gasteiger partial charge is 0.411 e. The predicted octanol–water partition coefficient (Wildman–Crippen LogP) is 0.621. The molecule has 2 aliphatic heterocycles. The van der Waals surface area contributed by atoms with Crippen LogP contribution in [0.3, 0.4) is 0 Å². The molecule has 154 valence electrons. The van der Waals surface area contributed by atoms with Crippen molar-refractivity contribution in [2.45, 2.75) is 70.7 Å². The summed E-state index contributed by atoms with van der Waals surface area (Å²) < 4.78 is 33.4. The molecule has 2 amide bonds. The van der Waals surface area contributed by atoms with Crippen molar-refractivity contribution in [3.8, 4) is 0 Å². The maximum atomic E-state index is 12.4. The average Bonchev–Trinajstić information content (AvgIpc) is 3.11. The van der Waals surface area contributed by atoms with E-state index in [0.29, 0.717) is 25.8 Å². The third-order valence-corrected chi connectivity index (χ3v) is 6.16. The number of hydrogen-bond acceptors (Lipinski definition) is 7. The van der Waals surface area contributed by atoms with Crippen LogP contribution in [0.5, 0.6) is 0 Å². The molecule has 0 aromatic rings. The van der Waals surface area contributed by atoms with E-state index in [4.69, 9.17) is 9.47 Å². The second kappa shape index (κ2) is 8.04. The molecule has 0 aromatic carbocycles. The molecular weight excluding hydrogens is 376 g/mol. The summed E-state index contributed by atoms with van der Waals surface area (Å²) in [4.78, 5) is 38.2. The van der Waals surface area contributed by atoms with Crippen LogP contribution >= 0.6 is 0 Å². The molecule has 2 saturated heterocycles. The first kappa shape index (κ1) is 21.5. The first-order chi connectivity index (χ1) is 12.4. The molecule has 9 nitrogen and oxygen atoms in total. The Morgan fingerprint density at radius 3 is 2.41 bits per heavy atom. The van der Waals surface area contributed by atoms with E-state index in [1.54, 1.807) is 20.8 Å². The van der Waals surface area contributed by atoms with Crippen LogP contribution in [0.25, 0.3) is 0 Å². The number of sulfone groups is 1. The molecule has 0 aromatic heterocycles. The summed E-state index contributed by atoms with van der Waals surface area (Å²) >= 11 is 0. The van der Waals surface area contributed by atoms with E-state index in [-0.39, 0.29) is 11.5 Å².